The first-order valence-corrected chi connectivity index (χ1v) is 9.37. The number of amides is 1. The largest absolute Gasteiger partial charge is 0.343 e. The van der Waals surface area contributed by atoms with Gasteiger partial charge in [-0.3, -0.25) is 9.89 Å². The zero-order chi connectivity index (χ0) is 19.2. The predicted molar refractivity (Wildman–Crippen MR) is 106 cm³/mol. The summed E-state index contributed by atoms with van der Waals surface area (Å²) in [4.78, 5) is 27.3. The Bertz CT molecular complexity index is 1040. The highest BCUT2D eigenvalue weighted by Gasteiger charge is 2.38. The number of nitroso groups, excluding NO2 is 1. The molecule has 0 saturated heterocycles. The normalized spacial score (nSPS) is 15.4. The second-order valence-electron chi connectivity index (χ2n) is 7.09. The molecule has 1 amide bonds. The van der Waals surface area contributed by atoms with Gasteiger partial charge in [-0.2, -0.15) is 5.10 Å². The van der Waals surface area contributed by atoms with Crippen molar-refractivity contribution >= 4 is 28.6 Å². The van der Waals surface area contributed by atoms with Gasteiger partial charge in [-0.15, -0.1) is 16.2 Å². The van der Waals surface area contributed by atoms with Gasteiger partial charge in [-0.1, -0.05) is 12.1 Å². The van der Waals surface area contributed by atoms with Crippen molar-refractivity contribution in [3.05, 3.63) is 57.6 Å². The molecule has 1 aliphatic rings. The van der Waals surface area contributed by atoms with E-state index in [-0.39, 0.29) is 5.91 Å². The van der Waals surface area contributed by atoms with Gasteiger partial charge in [0.25, 0.3) is 5.91 Å². The molecule has 0 saturated carbocycles. The molecule has 0 unspecified atom stereocenters. The van der Waals surface area contributed by atoms with Gasteiger partial charge in [0, 0.05) is 22.7 Å². The lowest BCUT2D eigenvalue weighted by atomic mass is 10.0. The second kappa shape index (κ2) is 6.31. The molecule has 8 heteroatoms. The molecule has 0 atom stereocenters. The molecule has 0 bridgehead atoms. The third kappa shape index (κ3) is 3.02. The Morgan fingerprint density at radius 1 is 1.30 bits per heavy atom. The Labute approximate surface area is 160 Å². The maximum Gasteiger partial charge on any atom is 0.265 e. The molecule has 0 spiro atoms. The first-order chi connectivity index (χ1) is 12.9. The van der Waals surface area contributed by atoms with Crippen molar-refractivity contribution in [3.8, 4) is 10.4 Å². The first-order valence-electron chi connectivity index (χ1n) is 8.55. The summed E-state index contributed by atoms with van der Waals surface area (Å²) in [5, 5.41) is 13.1. The second-order valence-corrected chi connectivity index (χ2v) is 8.15. The highest BCUT2D eigenvalue weighted by molar-refractivity contribution is 7.18. The van der Waals surface area contributed by atoms with Crippen molar-refractivity contribution in [1.29, 1.82) is 0 Å². The van der Waals surface area contributed by atoms with E-state index in [0.29, 0.717) is 17.1 Å². The fourth-order valence-electron chi connectivity index (χ4n) is 3.36. The molecule has 1 aromatic carbocycles. The fourth-order valence-corrected chi connectivity index (χ4v) is 4.48. The van der Waals surface area contributed by atoms with E-state index < -0.39 is 5.66 Å². The van der Waals surface area contributed by atoms with E-state index in [1.807, 2.05) is 39.0 Å². The average molecular weight is 381 g/mol. The van der Waals surface area contributed by atoms with Crippen LogP contribution in [0.25, 0.3) is 10.4 Å². The van der Waals surface area contributed by atoms with Crippen molar-refractivity contribution in [2.24, 2.45) is 5.18 Å². The summed E-state index contributed by atoms with van der Waals surface area (Å²) >= 11 is 1.46. The summed E-state index contributed by atoms with van der Waals surface area (Å²) in [6.45, 7) is 6.44. The smallest absolute Gasteiger partial charge is 0.265 e. The topological polar surface area (TPSA) is 90.4 Å². The van der Waals surface area contributed by atoms with Crippen LogP contribution in [0.4, 0.5) is 11.4 Å². The predicted octanol–water partition coefficient (Wildman–Crippen LogP) is 4.33. The van der Waals surface area contributed by atoms with Crippen LogP contribution in [-0.4, -0.2) is 21.8 Å². The molecular weight excluding hydrogens is 362 g/mol. The van der Waals surface area contributed by atoms with E-state index in [4.69, 9.17) is 0 Å². The maximum absolute atomic E-state index is 12.7. The zero-order valence-electron chi connectivity index (χ0n) is 15.2. The van der Waals surface area contributed by atoms with Crippen LogP contribution in [-0.2, 0) is 6.54 Å². The number of nitrogens with one attached hydrogen (secondary N) is 2. The molecule has 3 aromatic rings. The van der Waals surface area contributed by atoms with Gasteiger partial charge < -0.3 is 10.2 Å². The van der Waals surface area contributed by atoms with Crippen molar-refractivity contribution < 1.29 is 4.79 Å². The van der Waals surface area contributed by atoms with Gasteiger partial charge in [0.1, 0.15) is 16.2 Å². The Morgan fingerprint density at radius 3 is 2.81 bits per heavy atom. The number of aromatic amines is 1. The fraction of sp³-hybridized carbons (Fsp3) is 0.263. The number of nitrogens with zero attached hydrogens (tertiary/aromatic N) is 3. The minimum Gasteiger partial charge on any atom is -0.343 e. The molecule has 138 valence electrons. The van der Waals surface area contributed by atoms with Crippen LogP contribution in [0, 0.1) is 11.8 Å². The standard InChI is InChI=1S/C19H19N5O2S/c1-11-14(9-20-22-11)16-8-15-17(27-16)18(25)21-19(2,3)24(15)10-12-5-4-6-13(7-12)23-26/h4-9H,10H2,1-3H3,(H,20,22)(H,21,25). The molecular formula is C19H19N5O2S. The lowest BCUT2D eigenvalue weighted by Gasteiger charge is -2.44. The minimum atomic E-state index is -0.571. The number of hydrogen-bond acceptors (Lipinski definition) is 6. The van der Waals surface area contributed by atoms with Gasteiger partial charge >= 0.3 is 0 Å². The third-order valence-electron chi connectivity index (χ3n) is 4.76. The number of H-pyrrole nitrogens is 1. The quantitative estimate of drug-likeness (QED) is 0.658. The highest BCUT2D eigenvalue weighted by Crippen LogP contribution is 2.42. The molecule has 2 aromatic heterocycles. The third-order valence-corrected chi connectivity index (χ3v) is 5.91. The zero-order valence-corrected chi connectivity index (χ0v) is 16.1. The Hall–Kier alpha value is -3.00. The number of aromatic nitrogens is 2. The monoisotopic (exact) mass is 381 g/mol. The summed E-state index contributed by atoms with van der Waals surface area (Å²) in [5.41, 5.74) is 3.62. The molecule has 0 aliphatic carbocycles. The van der Waals surface area contributed by atoms with Crippen molar-refractivity contribution in [3.63, 3.8) is 0 Å². The molecule has 27 heavy (non-hydrogen) atoms. The summed E-state index contributed by atoms with van der Waals surface area (Å²) in [6.07, 6.45) is 1.78. The summed E-state index contributed by atoms with van der Waals surface area (Å²) in [7, 11) is 0. The Balaban J connectivity index is 1.78. The summed E-state index contributed by atoms with van der Waals surface area (Å²) < 4.78 is 0. The van der Waals surface area contributed by atoms with Gasteiger partial charge in [-0.25, -0.2) is 0 Å². The van der Waals surface area contributed by atoms with Crippen molar-refractivity contribution in [2.45, 2.75) is 33.0 Å². The number of fused-ring (bicyclic) bond motifs is 1. The van der Waals surface area contributed by atoms with Crippen LogP contribution < -0.4 is 10.2 Å². The maximum atomic E-state index is 12.7. The van der Waals surface area contributed by atoms with Crippen LogP contribution in [0.2, 0.25) is 0 Å². The molecule has 0 fully saturated rings. The highest BCUT2D eigenvalue weighted by atomic mass is 32.1. The number of thiophene rings is 1. The molecule has 2 N–H and O–H groups in total. The number of hydrogen-bond donors (Lipinski definition) is 2. The summed E-state index contributed by atoms with van der Waals surface area (Å²) in [6, 6.07) is 9.26. The number of anilines is 1. The van der Waals surface area contributed by atoms with Crippen LogP contribution >= 0.6 is 11.3 Å². The summed E-state index contributed by atoms with van der Waals surface area (Å²) in [5.74, 6) is -0.0769. The lowest BCUT2D eigenvalue weighted by Crippen LogP contribution is -2.59. The van der Waals surface area contributed by atoms with E-state index in [2.05, 4.69) is 25.6 Å². The van der Waals surface area contributed by atoms with Gasteiger partial charge in [0.2, 0.25) is 0 Å². The lowest BCUT2D eigenvalue weighted by molar-refractivity contribution is 0.0902. The number of rotatable bonds is 4. The molecule has 0 radical (unpaired) electrons. The van der Waals surface area contributed by atoms with Crippen LogP contribution in [0.1, 0.15) is 34.8 Å². The molecule has 4 rings (SSSR count). The van der Waals surface area contributed by atoms with Gasteiger partial charge in [-0.05, 0) is 49.7 Å². The van der Waals surface area contributed by atoms with E-state index >= 15 is 0 Å². The first kappa shape index (κ1) is 17.4. The minimum absolute atomic E-state index is 0.0769. The van der Waals surface area contributed by atoms with Crippen LogP contribution in [0.3, 0.4) is 0 Å². The van der Waals surface area contributed by atoms with E-state index in [9.17, 15) is 9.70 Å². The van der Waals surface area contributed by atoms with Crippen molar-refractivity contribution in [2.75, 3.05) is 4.90 Å². The Morgan fingerprint density at radius 2 is 2.11 bits per heavy atom. The SMILES string of the molecule is Cc1[nH]ncc1-c1cc2c(s1)C(=O)NC(C)(C)N2Cc1cccc(N=O)c1. The molecule has 3 heterocycles. The number of carbonyl (C=O) groups excluding carboxylic acids is 1. The van der Waals surface area contributed by atoms with Gasteiger partial charge in [0.05, 0.1) is 11.9 Å². The number of aryl methyl sites for hydroxylation is 1. The number of benzene rings is 1. The van der Waals surface area contributed by atoms with E-state index in [1.54, 1.807) is 18.3 Å². The Kier molecular flexibility index (Phi) is 4.07. The molecule has 7 nitrogen and oxygen atoms in total. The van der Waals surface area contributed by atoms with Gasteiger partial charge in [0.15, 0.2) is 0 Å². The van der Waals surface area contributed by atoms with E-state index in [1.165, 1.54) is 11.3 Å². The van der Waals surface area contributed by atoms with Crippen molar-refractivity contribution in [1.82, 2.24) is 15.5 Å². The number of carbonyl (C=O) groups is 1. The van der Waals surface area contributed by atoms with Crippen LogP contribution in [0.15, 0.2) is 41.7 Å². The average Bonchev–Trinajstić information content (AvgIpc) is 3.24. The van der Waals surface area contributed by atoms with Crippen LogP contribution in [0.5, 0.6) is 0 Å². The molecule has 1 aliphatic heterocycles. The van der Waals surface area contributed by atoms with E-state index in [0.717, 1.165) is 27.4 Å².